The number of benzene rings is 2. The highest BCUT2D eigenvalue weighted by Crippen LogP contribution is 2.30. The summed E-state index contributed by atoms with van der Waals surface area (Å²) in [6.07, 6.45) is 0.658. The van der Waals surface area contributed by atoms with Crippen LogP contribution in [0.1, 0.15) is 17.5 Å². The van der Waals surface area contributed by atoms with Crippen molar-refractivity contribution in [1.82, 2.24) is 0 Å². The molecule has 0 fully saturated rings. The Morgan fingerprint density at radius 3 is 2.68 bits per heavy atom. The summed E-state index contributed by atoms with van der Waals surface area (Å²) >= 11 is 0. The highest BCUT2D eigenvalue weighted by Gasteiger charge is 2.21. The number of nitrogens with one attached hydrogen (secondary N) is 2. The molecule has 1 aliphatic heterocycles. The summed E-state index contributed by atoms with van der Waals surface area (Å²) in [5.74, 6) is 0. The highest BCUT2D eigenvalue weighted by atomic mass is 16.6. The second-order valence-corrected chi connectivity index (χ2v) is 5.56. The normalized spacial score (nSPS) is 14.5. The second kappa shape index (κ2) is 6.56. The minimum absolute atomic E-state index is 0.108. The highest BCUT2D eigenvalue weighted by molar-refractivity contribution is 6.08. The number of aryl methyl sites for hydroxylation is 1. The molecule has 0 saturated heterocycles. The SMILES string of the molecule is Cc1cccc2c1C(=NNc1ccc([N+](=O)[O-])cc1[N+](=O)[O-])CCN2. The first-order chi connectivity index (χ1) is 12.0. The average Bonchev–Trinajstić information content (AvgIpc) is 2.59. The summed E-state index contributed by atoms with van der Waals surface area (Å²) in [5.41, 5.74) is 5.82. The van der Waals surface area contributed by atoms with E-state index in [9.17, 15) is 20.2 Å². The molecule has 3 rings (SSSR count). The predicted octanol–water partition coefficient (Wildman–Crippen LogP) is 3.44. The largest absolute Gasteiger partial charge is 0.384 e. The molecule has 2 aromatic rings. The van der Waals surface area contributed by atoms with E-state index in [1.165, 1.54) is 12.1 Å². The van der Waals surface area contributed by atoms with Gasteiger partial charge in [-0.05, 0) is 24.6 Å². The van der Waals surface area contributed by atoms with E-state index in [1.54, 1.807) is 0 Å². The molecule has 2 N–H and O–H groups in total. The van der Waals surface area contributed by atoms with Gasteiger partial charge in [0.15, 0.2) is 0 Å². The Kier molecular flexibility index (Phi) is 4.29. The summed E-state index contributed by atoms with van der Waals surface area (Å²) in [6, 6.07) is 9.28. The topological polar surface area (TPSA) is 123 Å². The average molecular weight is 341 g/mol. The van der Waals surface area contributed by atoms with Crippen molar-refractivity contribution in [2.75, 3.05) is 17.3 Å². The predicted molar refractivity (Wildman–Crippen MR) is 94.2 cm³/mol. The van der Waals surface area contributed by atoms with E-state index < -0.39 is 15.5 Å². The van der Waals surface area contributed by atoms with Crippen molar-refractivity contribution >= 4 is 28.5 Å². The van der Waals surface area contributed by atoms with Gasteiger partial charge in [0.1, 0.15) is 5.69 Å². The Bertz CT molecular complexity index is 894. The van der Waals surface area contributed by atoms with E-state index in [4.69, 9.17) is 0 Å². The van der Waals surface area contributed by atoms with E-state index in [0.29, 0.717) is 13.0 Å². The Hall–Kier alpha value is -3.49. The molecule has 0 atom stereocenters. The van der Waals surface area contributed by atoms with Gasteiger partial charge >= 0.3 is 5.69 Å². The molecule has 25 heavy (non-hydrogen) atoms. The molecule has 0 amide bonds. The van der Waals surface area contributed by atoms with Crippen LogP contribution >= 0.6 is 0 Å². The number of nitrogens with zero attached hydrogens (tertiary/aromatic N) is 3. The zero-order valence-electron chi connectivity index (χ0n) is 13.4. The number of anilines is 2. The maximum atomic E-state index is 11.2. The van der Waals surface area contributed by atoms with Gasteiger partial charge in [-0.1, -0.05) is 12.1 Å². The van der Waals surface area contributed by atoms with Crippen LogP contribution in [0, 0.1) is 27.2 Å². The molecule has 0 saturated carbocycles. The van der Waals surface area contributed by atoms with Gasteiger partial charge in [-0.2, -0.15) is 5.10 Å². The van der Waals surface area contributed by atoms with Gasteiger partial charge in [-0.15, -0.1) is 0 Å². The maximum Gasteiger partial charge on any atom is 0.301 e. The lowest BCUT2D eigenvalue weighted by Crippen LogP contribution is -2.20. The van der Waals surface area contributed by atoms with Crippen LogP contribution in [-0.4, -0.2) is 22.1 Å². The van der Waals surface area contributed by atoms with Crippen molar-refractivity contribution in [2.45, 2.75) is 13.3 Å². The molecule has 0 bridgehead atoms. The Morgan fingerprint density at radius 2 is 1.96 bits per heavy atom. The smallest absolute Gasteiger partial charge is 0.301 e. The van der Waals surface area contributed by atoms with Crippen LogP contribution in [0.2, 0.25) is 0 Å². The quantitative estimate of drug-likeness (QED) is 0.648. The van der Waals surface area contributed by atoms with Crippen LogP contribution in [0.4, 0.5) is 22.7 Å². The van der Waals surface area contributed by atoms with Gasteiger partial charge in [0.2, 0.25) is 0 Å². The van der Waals surface area contributed by atoms with Crippen molar-refractivity contribution < 1.29 is 9.85 Å². The van der Waals surface area contributed by atoms with Gasteiger partial charge in [-0.25, -0.2) is 0 Å². The lowest BCUT2D eigenvalue weighted by atomic mass is 9.97. The van der Waals surface area contributed by atoms with Crippen molar-refractivity contribution in [2.24, 2.45) is 5.10 Å². The number of hydrogen-bond acceptors (Lipinski definition) is 7. The molecule has 1 heterocycles. The minimum Gasteiger partial charge on any atom is -0.384 e. The summed E-state index contributed by atoms with van der Waals surface area (Å²) in [4.78, 5) is 20.6. The second-order valence-electron chi connectivity index (χ2n) is 5.56. The van der Waals surface area contributed by atoms with Crippen LogP contribution in [0.15, 0.2) is 41.5 Å². The van der Waals surface area contributed by atoms with Crippen molar-refractivity contribution in [3.05, 3.63) is 67.8 Å². The van der Waals surface area contributed by atoms with Crippen LogP contribution in [-0.2, 0) is 0 Å². The number of rotatable bonds is 4. The zero-order chi connectivity index (χ0) is 18.0. The van der Waals surface area contributed by atoms with E-state index in [0.717, 1.165) is 28.6 Å². The zero-order valence-corrected chi connectivity index (χ0v) is 13.4. The molecular weight excluding hydrogens is 326 g/mol. The summed E-state index contributed by atoms with van der Waals surface area (Å²) in [7, 11) is 0. The van der Waals surface area contributed by atoms with E-state index in [2.05, 4.69) is 15.8 Å². The van der Waals surface area contributed by atoms with E-state index in [1.807, 2.05) is 25.1 Å². The van der Waals surface area contributed by atoms with Crippen molar-refractivity contribution in [1.29, 1.82) is 0 Å². The summed E-state index contributed by atoms with van der Waals surface area (Å²) < 4.78 is 0. The third-order valence-electron chi connectivity index (χ3n) is 3.94. The van der Waals surface area contributed by atoms with Gasteiger partial charge in [0.05, 0.1) is 21.6 Å². The maximum absolute atomic E-state index is 11.2. The molecule has 2 aromatic carbocycles. The van der Waals surface area contributed by atoms with E-state index >= 15 is 0 Å². The van der Waals surface area contributed by atoms with E-state index in [-0.39, 0.29) is 11.4 Å². The molecular formula is C16H15N5O4. The lowest BCUT2D eigenvalue weighted by Gasteiger charge is -2.21. The third kappa shape index (κ3) is 3.25. The fourth-order valence-electron chi connectivity index (χ4n) is 2.76. The lowest BCUT2D eigenvalue weighted by molar-refractivity contribution is -0.393. The molecule has 0 aromatic heterocycles. The van der Waals surface area contributed by atoms with Gasteiger partial charge in [-0.3, -0.25) is 25.7 Å². The Morgan fingerprint density at radius 1 is 1.16 bits per heavy atom. The Balaban J connectivity index is 1.96. The molecule has 0 spiro atoms. The standard InChI is InChI=1S/C16H15N5O4/c1-10-3-2-4-13-16(10)14(7-8-17-13)19-18-12-6-5-11(20(22)23)9-15(12)21(24)25/h2-6,9,17-18H,7-8H2,1H3. The van der Waals surface area contributed by atoms with Gasteiger partial charge in [0.25, 0.3) is 5.69 Å². The summed E-state index contributed by atoms with van der Waals surface area (Å²) in [6.45, 7) is 2.68. The number of fused-ring (bicyclic) bond motifs is 1. The molecule has 0 unspecified atom stereocenters. The van der Waals surface area contributed by atoms with Crippen LogP contribution < -0.4 is 10.7 Å². The monoisotopic (exact) mass is 341 g/mol. The molecule has 9 heteroatoms. The van der Waals surface area contributed by atoms with Crippen LogP contribution in [0.5, 0.6) is 0 Å². The molecule has 0 aliphatic carbocycles. The van der Waals surface area contributed by atoms with Crippen molar-refractivity contribution in [3.63, 3.8) is 0 Å². The first kappa shape index (κ1) is 16.4. The Labute approximate surface area is 142 Å². The third-order valence-corrected chi connectivity index (χ3v) is 3.94. The number of hydrogen-bond donors (Lipinski definition) is 2. The number of non-ortho nitro benzene ring substituents is 1. The first-order valence-electron chi connectivity index (χ1n) is 7.56. The summed E-state index contributed by atoms with van der Waals surface area (Å²) in [5, 5.41) is 29.6. The number of hydrazone groups is 1. The van der Waals surface area contributed by atoms with Crippen LogP contribution in [0.3, 0.4) is 0 Å². The molecule has 1 aliphatic rings. The fourth-order valence-corrected chi connectivity index (χ4v) is 2.76. The molecule has 128 valence electrons. The number of nitro benzene ring substituents is 2. The van der Waals surface area contributed by atoms with Gasteiger partial charge < -0.3 is 5.32 Å². The molecule has 0 radical (unpaired) electrons. The molecule has 9 nitrogen and oxygen atoms in total. The van der Waals surface area contributed by atoms with Gasteiger partial charge in [0, 0.05) is 30.3 Å². The minimum atomic E-state index is -0.672. The number of nitro groups is 2. The first-order valence-corrected chi connectivity index (χ1v) is 7.56. The fraction of sp³-hybridized carbons (Fsp3) is 0.188. The van der Waals surface area contributed by atoms with Crippen molar-refractivity contribution in [3.8, 4) is 0 Å². The van der Waals surface area contributed by atoms with Crippen LogP contribution in [0.25, 0.3) is 0 Å².